The Bertz CT molecular complexity index is 888. The number of fused-ring (bicyclic) bond motifs is 1. The Kier molecular flexibility index (Phi) is 5.91. The molecule has 5 heteroatoms. The Morgan fingerprint density at radius 2 is 2.00 bits per heavy atom. The van der Waals surface area contributed by atoms with Crippen molar-refractivity contribution in [2.45, 2.75) is 33.6 Å². The molecule has 0 aliphatic heterocycles. The van der Waals surface area contributed by atoms with Crippen molar-refractivity contribution in [1.82, 2.24) is 4.57 Å². The third kappa shape index (κ3) is 4.24. The van der Waals surface area contributed by atoms with Crippen LogP contribution in [0, 0.1) is 0 Å². The number of nitrogen functional groups attached to an aromatic ring is 1. The van der Waals surface area contributed by atoms with Gasteiger partial charge in [0.15, 0.2) is 5.75 Å². The number of nitrogens with zero attached hydrogens (tertiary/aromatic N) is 1. The normalized spacial score (nSPS) is 11.6. The van der Waals surface area contributed by atoms with Crippen LogP contribution in [0.4, 0.5) is 5.69 Å². The average Bonchev–Trinajstić information content (AvgIpc) is 2.55. The van der Waals surface area contributed by atoms with E-state index in [1.165, 1.54) is 15.7 Å². The molecule has 134 valence electrons. The Labute approximate surface area is 148 Å². The molecule has 2 rings (SSSR count). The van der Waals surface area contributed by atoms with Crippen LogP contribution in [0.2, 0.25) is 0 Å². The van der Waals surface area contributed by atoms with E-state index in [1.54, 1.807) is 25.2 Å². The lowest BCUT2D eigenvalue weighted by Gasteiger charge is -2.13. The zero-order chi connectivity index (χ0) is 18.6. The minimum atomic E-state index is -0.404. The van der Waals surface area contributed by atoms with Crippen molar-refractivity contribution in [3.8, 4) is 11.5 Å². The minimum absolute atomic E-state index is 0.0473. The molecule has 0 atom stereocenters. The van der Waals surface area contributed by atoms with Crippen molar-refractivity contribution >= 4 is 16.6 Å². The molecule has 0 bridgehead atoms. The van der Waals surface area contributed by atoms with E-state index in [1.807, 2.05) is 13.0 Å². The fourth-order valence-corrected chi connectivity index (χ4v) is 2.69. The van der Waals surface area contributed by atoms with Gasteiger partial charge in [-0.2, -0.15) is 0 Å². The van der Waals surface area contributed by atoms with Gasteiger partial charge in [0, 0.05) is 12.4 Å². The first-order valence-electron chi connectivity index (χ1n) is 8.35. The molecule has 0 saturated heterocycles. The SMILES string of the molecule is CC(C)=CCCC(C)=CCOc1c(O)c2cccc(N)c2n(C)c1=O. The lowest BCUT2D eigenvalue weighted by Crippen LogP contribution is -2.20. The fraction of sp³-hybridized carbons (Fsp3) is 0.350. The molecule has 1 heterocycles. The molecule has 2 aromatic rings. The first kappa shape index (κ1) is 18.6. The van der Waals surface area contributed by atoms with Crippen LogP contribution in [0.25, 0.3) is 10.9 Å². The van der Waals surface area contributed by atoms with Gasteiger partial charge in [0.05, 0.1) is 11.2 Å². The molecule has 5 nitrogen and oxygen atoms in total. The van der Waals surface area contributed by atoms with E-state index in [9.17, 15) is 9.90 Å². The maximum Gasteiger partial charge on any atom is 0.297 e. The van der Waals surface area contributed by atoms with Gasteiger partial charge in [0.1, 0.15) is 6.61 Å². The van der Waals surface area contributed by atoms with Crippen LogP contribution < -0.4 is 16.0 Å². The maximum atomic E-state index is 12.5. The van der Waals surface area contributed by atoms with E-state index in [4.69, 9.17) is 10.5 Å². The van der Waals surface area contributed by atoms with Crippen LogP contribution in [0.1, 0.15) is 33.6 Å². The van der Waals surface area contributed by atoms with Crippen LogP contribution in [-0.2, 0) is 7.05 Å². The Morgan fingerprint density at radius 3 is 2.68 bits per heavy atom. The predicted octanol–water partition coefficient (Wildman–Crippen LogP) is 3.90. The second kappa shape index (κ2) is 7.92. The minimum Gasteiger partial charge on any atom is -0.504 e. The number of rotatable bonds is 6. The van der Waals surface area contributed by atoms with Crippen LogP contribution in [-0.4, -0.2) is 16.3 Å². The quantitative estimate of drug-likeness (QED) is 0.616. The van der Waals surface area contributed by atoms with Gasteiger partial charge in [-0.05, 0) is 51.8 Å². The Balaban J connectivity index is 2.22. The van der Waals surface area contributed by atoms with E-state index in [0.29, 0.717) is 16.6 Å². The standard InChI is InChI=1S/C20H26N2O3/c1-13(2)7-5-8-14(3)11-12-25-19-18(23)15-9-6-10-16(21)17(15)22(4)20(19)24/h6-7,9-11,23H,5,8,12,21H2,1-4H3. The number of aryl methyl sites for hydroxylation is 1. The molecular formula is C20H26N2O3. The van der Waals surface area contributed by atoms with E-state index in [-0.39, 0.29) is 18.1 Å². The van der Waals surface area contributed by atoms with Gasteiger partial charge in [0.2, 0.25) is 5.75 Å². The molecule has 0 spiro atoms. The van der Waals surface area contributed by atoms with Gasteiger partial charge in [-0.25, -0.2) is 0 Å². The van der Waals surface area contributed by atoms with E-state index >= 15 is 0 Å². The largest absolute Gasteiger partial charge is 0.504 e. The number of aromatic nitrogens is 1. The molecule has 0 amide bonds. The molecule has 0 aliphatic carbocycles. The molecule has 0 aliphatic rings. The summed E-state index contributed by atoms with van der Waals surface area (Å²) in [4.78, 5) is 12.5. The third-order valence-corrected chi connectivity index (χ3v) is 4.12. The summed E-state index contributed by atoms with van der Waals surface area (Å²) in [6.45, 7) is 6.42. The van der Waals surface area contributed by atoms with Crippen molar-refractivity contribution in [3.63, 3.8) is 0 Å². The van der Waals surface area contributed by atoms with E-state index in [0.717, 1.165) is 12.8 Å². The molecular weight excluding hydrogens is 316 g/mol. The van der Waals surface area contributed by atoms with Crippen LogP contribution in [0.3, 0.4) is 0 Å². The molecule has 0 radical (unpaired) electrons. The topological polar surface area (TPSA) is 77.5 Å². The van der Waals surface area contributed by atoms with Crippen molar-refractivity contribution in [2.24, 2.45) is 7.05 Å². The number of hydrogen-bond acceptors (Lipinski definition) is 4. The molecule has 1 aromatic carbocycles. The second-order valence-electron chi connectivity index (χ2n) is 6.47. The summed E-state index contributed by atoms with van der Waals surface area (Å²) in [7, 11) is 1.62. The number of hydrogen-bond donors (Lipinski definition) is 2. The summed E-state index contributed by atoms with van der Waals surface area (Å²) in [5.41, 5.74) is 8.95. The fourth-order valence-electron chi connectivity index (χ4n) is 2.69. The lowest BCUT2D eigenvalue weighted by molar-refractivity contribution is 0.330. The molecule has 1 aromatic heterocycles. The highest BCUT2D eigenvalue weighted by Gasteiger charge is 2.17. The highest BCUT2D eigenvalue weighted by atomic mass is 16.5. The monoisotopic (exact) mass is 342 g/mol. The number of aromatic hydroxyl groups is 1. The lowest BCUT2D eigenvalue weighted by atomic mass is 10.1. The van der Waals surface area contributed by atoms with Gasteiger partial charge in [-0.1, -0.05) is 23.3 Å². The van der Waals surface area contributed by atoms with Crippen molar-refractivity contribution in [1.29, 1.82) is 0 Å². The van der Waals surface area contributed by atoms with Crippen LogP contribution in [0.15, 0.2) is 46.3 Å². The van der Waals surface area contributed by atoms with Gasteiger partial charge < -0.3 is 20.1 Å². The molecule has 3 N–H and O–H groups in total. The van der Waals surface area contributed by atoms with Gasteiger partial charge in [-0.15, -0.1) is 0 Å². The second-order valence-corrected chi connectivity index (χ2v) is 6.47. The number of anilines is 1. The van der Waals surface area contributed by atoms with Crippen molar-refractivity contribution < 1.29 is 9.84 Å². The predicted molar refractivity (Wildman–Crippen MR) is 103 cm³/mol. The third-order valence-electron chi connectivity index (χ3n) is 4.12. The number of ether oxygens (including phenoxy) is 1. The van der Waals surface area contributed by atoms with E-state index < -0.39 is 5.56 Å². The van der Waals surface area contributed by atoms with E-state index in [2.05, 4.69) is 19.9 Å². The summed E-state index contributed by atoms with van der Waals surface area (Å²) in [5, 5.41) is 10.9. The number of para-hydroxylation sites is 1. The zero-order valence-corrected chi connectivity index (χ0v) is 15.3. The summed E-state index contributed by atoms with van der Waals surface area (Å²) in [6, 6.07) is 5.15. The van der Waals surface area contributed by atoms with Crippen LogP contribution in [0.5, 0.6) is 11.5 Å². The first-order valence-corrected chi connectivity index (χ1v) is 8.35. The summed E-state index contributed by atoms with van der Waals surface area (Å²) >= 11 is 0. The Hall–Kier alpha value is -2.69. The highest BCUT2D eigenvalue weighted by molar-refractivity contribution is 5.95. The highest BCUT2D eigenvalue weighted by Crippen LogP contribution is 2.33. The maximum absolute atomic E-state index is 12.5. The van der Waals surface area contributed by atoms with Gasteiger partial charge in [0.25, 0.3) is 5.56 Å². The summed E-state index contributed by atoms with van der Waals surface area (Å²) < 4.78 is 6.99. The summed E-state index contributed by atoms with van der Waals surface area (Å²) in [5.74, 6) is -0.213. The van der Waals surface area contributed by atoms with Gasteiger partial charge >= 0.3 is 0 Å². The molecule has 0 saturated carbocycles. The number of pyridine rings is 1. The molecule has 0 fully saturated rings. The van der Waals surface area contributed by atoms with Crippen LogP contribution >= 0.6 is 0 Å². The first-order chi connectivity index (χ1) is 11.8. The molecule has 25 heavy (non-hydrogen) atoms. The zero-order valence-electron chi connectivity index (χ0n) is 15.3. The summed E-state index contributed by atoms with van der Waals surface area (Å²) in [6.07, 6.45) is 6.04. The van der Waals surface area contributed by atoms with Crippen molar-refractivity contribution in [2.75, 3.05) is 12.3 Å². The number of benzene rings is 1. The van der Waals surface area contributed by atoms with Crippen molar-refractivity contribution in [3.05, 3.63) is 51.9 Å². The average molecular weight is 342 g/mol. The number of nitrogens with two attached hydrogens (primary N) is 1. The number of allylic oxidation sites excluding steroid dienone is 3. The Morgan fingerprint density at radius 1 is 1.28 bits per heavy atom. The van der Waals surface area contributed by atoms with Gasteiger partial charge in [-0.3, -0.25) is 4.79 Å². The smallest absolute Gasteiger partial charge is 0.297 e. The molecule has 0 unspecified atom stereocenters.